The molecule has 0 aromatic heterocycles. The third-order valence-electron chi connectivity index (χ3n) is 6.06. The molecule has 0 bridgehead atoms. The van der Waals surface area contributed by atoms with Crippen LogP contribution in [0.5, 0.6) is 0 Å². The molecular formula is C26H56NO4P. The Balaban J connectivity index is 3.24. The molecule has 0 rings (SSSR count). The van der Waals surface area contributed by atoms with E-state index in [0.29, 0.717) is 6.54 Å². The molecule has 0 fully saturated rings. The van der Waals surface area contributed by atoms with Gasteiger partial charge in [-0.15, -0.1) is 0 Å². The van der Waals surface area contributed by atoms with Crippen molar-refractivity contribution in [1.29, 1.82) is 0 Å². The fourth-order valence-corrected chi connectivity index (χ4v) is 4.63. The highest BCUT2D eigenvalue weighted by molar-refractivity contribution is 7.47. The van der Waals surface area contributed by atoms with Crippen molar-refractivity contribution in [2.45, 2.75) is 155 Å². The smallest absolute Gasteiger partial charge is 0.301 e. The van der Waals surface area contributed by atoms with Crippen LogP contribution in [0.1, 0.15) is 155 Å². The molecule has 32 heavy (non-hydrogen) atoms. The maximum Gasteiger partial charge on any atom is 0.488 e. The lowest BCUT2D eigenvalue weighted by Gasteiger charge is -2.12. The van der Waals surface area contributed by atoms with Gasteiger partial charge in [-0.2, -0.15) is 10.1 Å². The summed E-state index contributed by atoms with van der Waals surface area (Å²) in [5.41, 5.74) is 2.61. The predicted octanol–water partition coefficient (Wildman–Crippen LogP) is 9.25. The summed E-state index contributed by atoms with van der Waals surface area (Å²) in [5.74, 6) is 0. The molecule has 0 aliphatic heterocycles. The van der Waals surface area contributed by atoms with E-state index in [2.05, 4.69) is 19.3 Å². The molecule has 0 amide bonds. The maximum absolute atomic E-state index is 11.8. The molecule has 6 heteroatoms. The van der Waals surface area contributed by atoms with Crippen LogP contribution in [-0.4, -0.2) is 18.0 Å². The lowest BCUT2D eigenvalue weighted by molar-refractivity contribution is 0.0947. The number of nitrogens with one attached hydrogen (secondary N) is 1. The van der Waals surface area contributed by atoms with Gasteiger partial charge >= 0.3 is 7.82 Å². The van der Waals surface area contributed by atoms with Crippen LogP contribution < -0.4 is 5.48 Å². The summed E-state index contributed by atoms with van der Waals surface area (Å²) in [5, 5.41) is 0. The van der Waals surface area contributed by atoms with Crippen LogP contribution in [0.3, 0.4) is 0 Å². The van der Waals surface area contributed by atoms with Crippen LogP contribution >= 0.6 is 7.82 Å². The molecule has 1 unspecified atom stereocenters. The fourth-order valence-electron chi connectivity index (χ4n) is 3.96. The SMILES string of the molecule is CCCCCCCCCCCCCCCCCCNOP(=O)(O)OCCCCCCCC. The molecule has 2 N–H and O–H groups in total. The van der Waals surface area contributed by atoms with E-state index in [1.807, 2.05) is 0 Å². The summed E-state index contributed by atoms with van der Waals surface area (Å²) in [6.07, 6.45) is 28.1. The Bertz CT molecular complexity index is 409. The average molecular weight is 478 g/mol. The highest BCUT2D eigenvalue weighted by atomic mass is 31.2. The van der Waals surface area contributed by atoms with Gasteiger partial charge in [-0.1, -0.05) is 142 Å². The third kappa shape index (κ3) is 26.3. The summed E-state index contributed by atoms with van der Waals surface area (Å²) < 4.78 is 21.6. The highest BCUT2D eigenvalue weighted by Crippen LogP contribution is 2.42. The summed E-state index contributed by atoms with van der Waals surface area (Å²) >= 11 is 0. The minimum absolute atomic E-state index is 0.278. The Morgan fingerprint density at radius 3 is 1.31 bits per heavy atom. The van der Waals surface area contributed by atoms with Crippen LogP contribution in [0.15, 0.2) is 0 Å². The average Bonchev–Trinajstić information content (AvgIpc) is 2.77. The normalized spacial score (nSPS) is 13.5. The van der Waals surface area contributed by atoms with E-state index < -0.39 is 7.82 Å². The topological polar surface area (TPSA) is 67.8 Å². The van der Waals surface area contributed by atoms with E-state index in [9.17, 15) is 9.46 Å². The maximum atomic E-state index is 11.8. The van der Waals surface area contributed by atoms with E-state index in [0.717, 1.165) is 32.1 Å². The van der Waals surface area contributed by atoms with Crippen molar-refractivity contribution in [3.05, 3.63) is 0 Å². The fraction of sp³-hybridized carbons (Fsp3) is 1.00. The second-order valence-corrected chi connectivity index (χ2v) is 10.7. The second-order valence-electron chi connectivity index (χ2n) is 9.36. The Kier molecular flexibility index (Phi) is 25.7. The van der Waals surface area contributed by atoms with Gasteiger partial charge in [0.2, 0.25) is 0 Å². The first-order chi connectivity index (χ1) is 15.6. The first-order valence-corrected chi connectivity index (χ1v) is 15.5. The number of phosphoric ester groups is 1. The van der Waals surface area contributed by atoms with Gasteiger partial charge in [0.15, 0.2) is 0 Å². The van der Waals surface area contributed by atoms with Crippen LogP contribution in [0, 0.1) is 0 Å². The monoisotopic (exact) mass is 477 g/mol. The van der Waals surface area contributed by atoms with Crippen molar-refractivity contribution in [3.8, 4) is 0 Å². The Labute approximate surface area is 200 Å². The van der Waals surface area contributed by atoms with E-state index in [1.165, 1.54) is 109 Å². The Morgan fingerprint density at radius 1 is 0.562 bits per heavy atom. The quantitative estimate of drug-likeness (QED) is 0.0701. The number of hydroxylamine groups is 1. The van der Waals surface area contributed by atoms with Gasteiger partial charge in [0, 0.05) is 6.54 Å². The van der Waals surface area contributed by atoms with Gasteiger partial charge in [-0.05, 0) is 12.8 Å². The molecule has 0 saturated heterocycles. The summed E-state index contributed by atoms with van der Waals surface area (Å²) in [6.45, 7) is 5.33. The molecule has 194 valence electrons. The van der Waals surface area contributed by atoms with Gasteiger partial charge in [0.25, 0.3) is 0 Å². The number of unbranched alkanes of at least 4 members (excludes halogenated alkanes) is 20. The minimum atomic E-state index is -3.96. The van der Waals surface area contributed by atoms with Crippen molar-refractivity contribution in [2.75, 3.05) is 13.2 Å². The Hall–Kier alpha value is 0.0700. The van der Waals surface area contributed by atoms with Crippen LogP contribution in [0.4, 0.5) is 0 Å². The van der Waals surface area contributed by atoms with Crippen molar-refractivity contribution in [1.82, 2.24) is 5.48 Å². The summed E-state index contributed by atoms with van der Waals surface area (Å²) in [4.78, 5) is 9.64. The molecule has 0 saturated carbocycles. The van der Waals surface area contributed by atoms with Crippen LogP contribution in [-0.2, 0) is 13.7 Å². The Morgan fingerprint density at radius 2 is 0.906 bits per heavy atom. The van der Waals surface area contributed by atoms with E-state index in [4.69, 9.17) is 9.15 Å². The van der Waals surface area contributed by atoms with Crippen molar-refractivity contribution in [2.24, 2.45) is 0 Å². The lowest BCUT2D eigenvalue weighted by atomic mass is 10.0. The van der Waals surface area contributed by atoms with Gasteiger partial charge in [0.05, 0.1) is 6.61 Å². The molecule has 0 spiro atoms. The second kappa shape index (κ2) is 25.7. The molecule has 0 aromatic rings. The van der Waals surface area contributed by atoms with Crippen LogP contribution in [0.25, 0.3) is 0 Å². The van der Waals surface area contributed by atoms with Gasteiger partial charge < -0.3 is 4.89 Å². The number of hydrogen-bond acceptors (Lipinski definition) is 4. The molecule has 0 heterocycles. The largest absolute Gasteiger partial charge is 0.488 e. The molecule has 1 atom stereocenters. The zero-order valence-electron chi connectivity index (χ0n) is 21.6. The zero-order valence-corrected chi connectivity index (χ0v) is 22.5. The van der Waals surface area contributed by atoms with Gasteiger partial charge in [0.1, 0.15) is 0 Å². The molecule has 0 radical (unpaired) electrons. The molecule has 0 aliphatic rings. The lowest BCUT2D eigenvalue weighted by Crippen LogP contribution is -2.15. The van der Waals surface area contributed by atoms with E-state index in [-0.39, 0.29) is 6.61 Å². The minimum Gasteiger partial charge on any atom is -0.301 e. The molecular weight excluding hydrogens is 421 g/mol. The van der Waals surface area contributed by atoms with Crippen LogP contribution in [0.2, 0.25) is 0 Å². The van der Waals surface area contributed by atoms with Gasteiger partial charge in [-0.3, -0.25) is 4.52 Å². The number of phosphoric acid groups is 1. The molecule has 5 nitrogen and oxygen atoms in total. The first-order valence-electron chi connectivity index (χ1n) is 14.0. The molecule has 0 aliphatic carbocycles. The standard InChI is InChI=1S/C26H56NO4P/c1-3-5-7-9-11-12-13-14-15-16-17-18-19-20-21-23-25-27-31-32(28,29)30-26-24-22-10-8-6-4-2/h27H,3-26H2,1-2H3,(H,28,29). The van der Waals surface area contributed by atoms with Gasteiger partial charge in [-0.25, -0.2) is 4.57 Å². The van der Waals surface area contributed by atoms with E-state index in [1.54, 1.807) is 0 Å². The van der Waals surface area contributed by atoms with Crippen molar-refractivity contribution >= 4 is 7.82 Å². The number of hydrogen-bond donors (Lipinski definition) is 2. The molecule has 0 aromatic carbocycles. The third-order valence-corrected chi connectivity index (χ3v) is 6.93. The first kappa shape index (κ1) is 32.1. The van der Waals surface area contributed by atoms with Crippen molar-refractivity contribution in [3.63, 3.8) is 0 Å². The summed E-state index contributed by atoms with van der Waals surface area (Å²) in [7, 11) is -3.96. The highest BCUT2D eigenvalue weighted by Gasteiger charge is 2.20. The van der Waals surface area contributed by atoms with Crippen molar-refractivity contribution < 1.29 is 18.6 Å². The predicted molar refractivity (Wildman–Crippen MR) is 138 cm³/mol. The zero-order chi connectivity index (χ0) is 23.6. The summed E-state index contributed by atoms with van der Waals surface area (Å²) in [6, 6.07) is 0. The van der Waals surface area contributed by atoms with E-state index >= 15 is 0 Å². The number of rotatable bonds is 27.